The second-order valence-corrected chi connectivity index (χ2v) is 4.22. The van der Waals surface area contributed by atoms with Gasteiger partial charge >= 0.3 is 0 Å². The Morgan fingerprint density at radius 1 is 0.875 bits per heavy atom. The van der Waals surface area contributed by atoms with E-state index in [4.69, 9.17) is 11.6 Å². The molecule has 0 radical (unpaired) electrons. The highest BCUT2D eigenvalue weighted by Gasteiger charge is 1.89. The highest BCUT2D eigenvalue weighted by molar-refractivity contribution is 6.17. The van der Waals surface area contributed by atoms with Crippen molar-refractivity contribution in [3.8, 4) is 11.8 Å². The highest BCUT2D eigenvalue weighted by atomic mass is 35.5. The molecule has 0 nitrogen and oxygen atoms in total. The first kappa shape index (κ1) is 13.1. The Hall–Kier alpha value is -0.930. The number of alkyl halides is 1. The van der Waals surface area contributed by atoms with Crippen molar-refractivity contribution >= 4 is 11.6 Å². The van der Waals surface area contributed by atoms with E-state index in [-0.39, 0.29) is 0 Å². The van der Waals surface area contributed by atoms with Crippen LogP contribution in [0.4, 0.5) is 0 Å². The molecule has 0 aliphatic heterocycles. The summed E-state index contributed by atoms with van der Waals surface area (Å²) in [6.45, 7) is 0. The standard InChI is InChI=1S/C15H19Cl/c16-14-10-5-3-1-2-4-7-11-15-12-8-6-9-13-15/h6,8-9,12-13H,3-5,7,10-11,14H2. The van der Waals surface area contributed by atoms with Gasteiger partial charge in [0.1, 0.15) is 0 Å². The summed E-state index contributed by atoms with van der Waals surface area (Å²) >= 11 is 5.58. The minimum absolute atomic E-state index is 0.760. The van der Waals surface area contributed by atoms with Crippen molar-refractivity contribution in [3.63, 3.8) is 0 Å². The molecular formula is C15H19Cl. The molecular weight excluding hydrogens is 216 g/mol. The lowest BCUT2D eigenvalue weighted by atomic mass is 10.1. The Balaban J connectivity index is 2.03. The molecule has 86 valence electrons. The highest BCUT2D eigenvalue weighted by Crippen LogP contribution is 2.03. The SMILES string of the molecule is ClCCCCC#CCCCc1ccccc1. The van der Waals surface area contributed by atoms with Gasteiger partial charge in [-0.05, 0) is 31.2 Å². The maximum absolute atomic E-state index is 5.58. The lowest BCUT2D eigenvalue weighted by Gasteiger charge is -1.96. The van der Waals surface area contributed by atoms with Gasteiger partial charge in [0.25, 0.3) is 0 Å². The fraction of sp³-hybridized carbons (Fsp3) is 0.467. The van der Waals surface area contributed by atoms with Crippen LogP contribution in [0.2, 0.25) is 0 Å². The van der Waals surface area contributed by atoms with Crippen LogP contribution in [-0.4, -0.2) is 5.88 Å². The van der Waals surface area contributed by atoms with Crippen molar-refractivity contribution in [1.82, 2.24) is 0 Å². The van der Waals surface area contributed by atoms with Gasteiger partial charge in [0, 0.05) is 18.7 Å². The number of aryl methyl sites for hydroxylation is 1. The second kappa shape index (κ2) is 9.31. The van der Waals surface area contributed by atoms with Crippen molar-refractivity contribution in [3.05, 3.63) is 35.9 Å². The largest absolute Gasteiger partial charge is 0.127 e. The molecule has 1 aromatic rings. The topological polar surface area (TPSA) is 0 Å². The van der Waals surface area contributed by atoms with E-state index in [0.717, 1.165) is 44.4 Å². The summed E-state index contributed by atoms with van der Waals surface area (Å²) in [5.41, 5.74) is 1.41. The monoisotopic (exact) mass is 234 g/mol. The van der Waals surface area contributed by atoms with Crippen LogP contribution in [-0.2, 0) is 6.42 Å². The molecule has 0 heterocycles. The molecule has 0 spiro atoms. The molecule has 0 aromatic heterocycles. The van der Waals surface area contributed by atoms with Crippen LogP contribution < -0.4 is 0 Å². The second-order valence-electron chi connectivity index (χ2n) is 3.84. The van der Waals surface area contributed by atoms with E-state index in [9.17, 15) is 0 Å². The Morgan fingerprint density at radius 2 is 1.56 bits per heavy atom. The number of halogens is 1. The fourth-order valence-corrected chi connectivity index (χ4v) is 1.70. The van der Waals surface area contributed by atoms with Crippen LogP contribution in [0.3, 0.4) is 0 Å². The van der Waals surface area contributed by atoms with Gasteiger partial charge in [0.05, 0.1) is 0 Å². The third kappa shape index (κ3) is 6.53. The first-order chi connectivity index (χ1) is 7.93. The number of benzene rings is 1. The minimum atomic E-state index is 0.760. The minimum Gasteiger partial charge on any atom is -0.127 e. The molecule has 1 rings (SSSR count). The summed E-state index contributed by atoms with van der Waals surface area (Å²) in [6.07, 6.45) is 6.52. The van der Waals surface area contributed by atoms with Crippen LogP contribution in [0.1, 0.15) is 37.7 Å². The third-order valence-electron chi connectivity index (χ3n) is 2.42. The zero-order valence-corrected chi connectivity index (χ0v) is 10.5. The van der Waals surface area contributed by atoms with E-state index < -0.39 is 0 Å². The lowest BCUT2D eigenvalue weighted by molar-refractivity contribution is 0.827. The lowest BCUT2D eigenvalue weighted by Crippen LogP contribution is -1.83. The van der Waals surface area contributed by atoms with Crippen LogP contribution in [0.5, 0.6) is 0 Å². The number of unbranched alkanes of at least 4 members (excludes halogenated alkanes) is 3. The Labute approximate surface area is 104 Å². The first-order valence-electron chi connectivity index (χ1n) is 5.99. The number of rotatable bonds is 6. The van der Waals surface area contributed by atoms with Gasteiger partial charge in [0.2, 0.25) is 0 Å². The average molecular weight is 235 g/mol. The zero-order chi connectivity index (χ0) is 11.5. The van der Waals surface area contributed by atoms with Crippen LogP contribution >= 0.6 is 11.6 Å². The quantitative estimate of drug-likeness (QED) is 0.388. The van der Waals surface area contributed by atoms with E-state index in [1.54, 1.807) is 0 Å². The summed E-state index contributed by atoms with van der Waals surface area (Å²) in [7, 11) is 0. The van der Waals surface area contributed by atoms with Crippen molar-refractivity contribution in [2.45, 2.75) is 38.5 Å². The Kier molecular flexibility index (Phi) is 7.64. The van der Waals surface area contributed by atoms with Gasteiger partial charge in [-0.15, -0.1) is 23.4 Å². The molecule has 0 aliphatic rings. The molecule has 0 aliphatic carbocycles. The summed E-state index contributed by atoms with van der Waals surface area (Å²) < 4.78 is 0. The van der Waals surface area contributed by atoms with Gasteiger partial charge < -0.3 is 0 Å². The summed E-state index contributed by atoms with van der Waals surface area (Å²) in [6, 6.07) is 10.6. The molecule has 0 saturated heterocycles. The van der Waals surface area contributed by atoms with Crippen LogP contribution in [0, 0.1) is 11.8 Å². The normalized spacial score (nSPS) is 9.56. The molecule has 0 unspecified atom stereocenters. The molecule has 1 heteroatoms. The van der Waals surface area contributed by atoms with Crippen LogP contribution in [0.15, 0.2) is 30.3 Å². The smallest absolute Gasteiger partial charge is 0.0223 e. The van der Waals surface area contributed by atoms with Crippen molar-refractivity contribution in [2.24, 2.45) is 0 Å². The van der Waals surface area contributed by atoms with E-state index in [0.29, 0.717) is 0 Å². The van der Waals surface area contributed by atoms with Gasteiger partial charge in [-0.1, -0.05) is 30.3 Å². The van der Waals surface area contributed by atoms with E-state index in [1.807, 2.05) is 0 Å². The van der Waals surface area contributed by atoms with Crippen molar-refractivity contribution in [1.29, 1.82) is 0 Å². The molecule has 0 amide bonds. The average Bonchev–Trinajstić information content (AvgIpc) is 2.34. The van der Waals surface area contributed by atoms with Gasteiger partial charge in [0.15, 0.2) is 0 Å². The van der Waals surface area contributed by atoms with E-state index in [1.165, 1.54) is 5.56 Å². The molecule has 1 aromatic carbocycles. The van der Waals surface area contributed by atoms with Crippen LogP contribution in [0.25, 0.3) is 0 Å². The molecule has 16 heavy (non-hydrogen) atoms. The third-order valence-corrected chi connectivity index (χ3v) is 2.69. The van der Waals surface area contributed by atoms with E-state index in [2.05, 4.69) is 42.2 Å². The number of hydrogen-bond donors (Lipinski definition) is 0. The zero-order valence-electron chi connectivity index (χ0n) is 9.71. The number of hydrogen-bond acceptors (Lipinski definition) is 0. The molecule has 0 saturated carbocycles. The van der Waals surface area contributed by atoms with Crippen molar-refractivity contribution < 1.29 is 0 Å². The molecule has 0 N–H and O–H groups in total. The molecule has 0 atom stereocenters. The predicted molar refractivity (Wildman–Crippen MR) is 71.7 cm³/mol. The predicted octanol–water partition coefficient (Wildman–Crippen LogP) is 4.42. The maximum Gasteiger partial charge on any atom is 0.0223 e. The maximum atomic E-state index is 5.58. The van der Waals surface area contributed by atoms with Gasteiger partial charge in [-0.25, -0.2) is 0 Å². The molecule has 0 fully saturated rings. The first-order valence-corrected chi connectivity index (χ1v) is 6.52. The van der Waals surface area contributed by atoms with Gasteiger partial charge in [-0.2, -0.15) is 0 Å². The molecule has 0 bridgehead atoms. The fourth-order valence-electron chi connectivity index (χ4n) is 1.51. The summed E-state index contributed by atoms with van der Waals surface area (Å²) in [4.78, 5) is 0. The Bertz CT molecular complexity index is 318. The summed E-state index contributed by atoms with van der Waals surface area (Å²) in [5.74, 6) is 7.18. The van der Waals surface area contributed by atoms with E-state index >= 15 is 0 Å². The Morgan fingerprint density at radius 3 is 2.25 bits per heavy atom. The van der Waals surface area contributed by atoms with Crippen molar-refractivity contribution in [2.75, 3.05) is 5.88 Å². The van der Waals surface area contributed by atoms with Gasteiger partial charge in [-0.3, -0.25) is 0 Å². The summed E-state index contributed by atoms with van der Waals surface area (Å²) in [5, 5.41) is 0.